The maximum absolute atomic E-state index is 12.5. The molecule has 8 nitrogen and oxygen atoms in total. The molecule has 2 aromatic rings. The van der Waals surface area contributed by atoms with Gasteiger partial charge in [0.1, 0.15) is 18.5 Å². The number of allylic oxidation sites excluding steroid dienone is 1. The molecule has 33 heavy (non-hydrogen) atoms. The Bertz CT molecular complexity index is 1190. The molecule has 3 heterocycles. The number of pyridine rings is 1. The summed E-state index contributed by atoms with van der Waals surface area (Å²) in [6, 6.07) is 11.1. The van der Waals surface area contributed by atoms with E-state index in [0.717, 1.165) is 23.5 Å². The van der Waals surface area contributed by atoms with Gasteiger partial charge in [-0.15, -0.1) is 0 Å². The number of ether oxygens (including phenoxy) is 1. The molecule has 2 aliphatic heterocycles. The van der Waals surface area contributed by atoms with Crippen molar-refractivity contribution in [3.05, 3.63) is 89.7 Å². The molecule has 168 valence electrons. The zero-order chi connectivity index (χ0) is 23.2. The predicted molar refractivity (Wildman–Crippen MR) is 129 cm³/mol. The van der Waals surface area contributed by atoms with Crippen molar-refractivity contribution in [2.75, 3.05) is 19.5 Å². The van der Waals surface area contributed by atoms with E-state index in [4.69, 9.17) is 4.74 Å². The van der Waals surface area contributed by atoms with E-state index in [1.54, 1.807) is 12.1 Å². The zero-order valence-electron chi connectivity index (χ0n) is 18.9. The number of aromatic nitrogens is 1. The molecule has 1 aromatic heterocycles. The number of hydrogen-bond acceptors (Lipinski definition) is 6. The minimum absolute atomic E-state index is 0.0482. The molecule has 0 fully saturated rings. The van der Waals surface area contributed by atoms with Gasteiger partial charge in [0, 0.05) is 49.0 Å². The van der Waals surface area contributed by atoms with Gasteiger partial charge in [0.2, 0.25) is 5.88 Å². The molecule has 4 rings (SSSR count). The summed E-state index contributed by atoms with van der Waals surface area (Å²) in [5, 5.41) is 9.47. The monoisotopic (exact) mass is 443 g/mol. The number of carbonyl (C=O) groups is 1. The van der Waals surface area contributed by atoms with E-state index in [1.807, 2.05) is 54.5 Å². The smallest absolute Gasteiger partial charge is 0.257 e. The van der Waals surface area contributed by atoms with Gasteiger partial charge in [0.15, 0.2) is 12.4 Å². The lowest BCUT2D eigenvalue weighted by Gasteiger charge is -2.14. The van der Waals surface area contributed by atoms with Crippen molar-refractivity contribution in [1.82, 2.24) is 15.6 Å². The fourth-order valence-corrected chi connectivity index (χ4v) is 3.44. The SMILES string of the molecule is COc1ccc(C(=O)Nc2cccc(C(C)NC=CNC3=NC=C(C4=C[N+](C)=C4)C3)c2)cn1. The number of nitrogens with zero attached hydrogens (tertiary/aromatic N) is 3. The zero-order valence-corrected chi connectivity index (χ0v) is 18.9. The van der Waals surface area contributed by atoms with Gasteiger partial charge in [0.25, 0.3) is 5.91 Å². The van der Waals surface area contributed by atoms with E-state index in [1.165, 1.54) is 24.5 Å². The van der Waals surface area contributed by atoms with Crippen LogP contribution in [0, 0.1) is 0 Å². The van der Waals surface area contributed by atoms with E-state index >= 15 is 0 Å². The highest BCUT2D eigenvalue weighted by atomic mass is 16.5. The standard InChI is InChI=1S/C25H26N6O2/c1-17(26-9-10-27-23-12-20(14-28-23)21-15-31(2)16-21)18-5-4-6-22(11-18)30-25(32)19-7-8-24(33-3)29-13-19/h4-11,13-17,26H,12H2,1-3H3,(H-,27,28,30,32)/p+1. The molecule has 1 unspecified atom stereocenters. The molecule has 3 N–H and O–H groups in total. The van der Waals surface area contributed by atoms with Gasteiger partial charge in [-0.25, -0.2) is 14.6 Å². The van der Waals surface area contributed by atoms with Crippen molar-refractivity contribution in [2.45, 2.75) is 19.4 Å². The number of aliphatic imine (C=N–C) groups is 1. The van der Waals surface area contributed by atoms with Crippen molar-refractivity contribution < 1.29 is 14.1 Å². The first kappa shape index (κ1) is 22.0. The minimum atomic E-state index is -0.223. The highest BCUT2D eigenvalue weighted by Crippen LogP contribution is 2.21. The Balaban J connectivity index is 1.25. The van der Waals surface area contributed by atoms with Crippen LogP contribution in [0.25, 0.3) is 0 Å². The van der Waals surface area contributed by atoms with E-state index < -0.39 is 0 Å². The van der Waals surface area contributed by atoms with Crippen LogP contribution in [0.15, 0.2) is 83.5 Å². The Kier molecular flexibility index (Phi) is 6.64. The third kappa shape index (κ3) is 5.54. The molecule has 1 aromatic carbocycles. The summed E-state index contributed by atoms with van der Waals surface area (Å²) in [6.45, 7) is 2.06. The molecular weight excluding hydrogens is 416 g/mol. The largest absolute Gasteiger partial charge is 0.481 e. The number of nitrogens with one attached hydrogen (secondary N) is 3. The van der Waals surface area contributed by atoms with Crippen LogP contribution in [0.2, 0.25) is 0 Å². The highest BCUT2D eigenvalue weighted by Gasteiger charge is 2.21. The van der Waals surface area contributed by atoms with Crippen LogP contribution in [0.4, 0.5) is 5.69 Å². The molecule has 0 saturated carbocycles. The van der Waals surface area contributed by atoms with E-state index in [-0.39, 0.29) is 11.9 Å². The topological polar surface area (TPSA) is 90.7 Å². The summed E-state index contributed by atoms with van der Waals surface area (Å²) in [5.41, 5.74) is 4.67. The number of rotatable bonds is 8. The maximum atomic E-state index is 12.5. The molecule has 2 aliphatic rings. The summed E-state index contributed by atoms with van der Waals surface area (Å²) in [6.07, 6.45) is 12.1. The van der Waals surface area contributed by atoms with Crippen LogP contribution in [-0.4, -0.2) is 41.7 Å². The maximum Gasteiger partial charge on any atom is 0.257 e. The van der Waals surface area contributed by atoms with E-state index in [9.17, 15) is 4.79 Å². The normalized spacial score (nSPS) is 15.6. The summed E-state index contributed by atoms with van der Waals surface area (Å²) in [7, 11) is 3.55. The fraction of sp³-hybridized carbons (Fsp3) is 0.200. The number of methoxy groups -OCH3 is 1. The number of anilines is 1. The summed E-state index contributed by atoms with van der Waals surface area (Å²) in [4.78, 5) is 21.0. The number of hydrogen-bond donors (Lipinski definition) is 3. The van der Waals surface area contributed by atoms with Crippen LogP contribution in [0.3, 0.4) is 0 Å². The number of benzene rings is 1. The third-order valence-corrected chi connectivity index (χ3v) is 5.32. The lowest BCUT2D eigenvalue weighted by molar-refractivity contribution is -0.428. The molecule has 1 atom stereocenters. The molecule has 0 bridgehead atoms. The van der Waals surface area contributed by atoms with Gasteiger partial charge >= 0.3 is 0 Å². The summed E-state index contributed by atoms with van der Waals surface area (Å²) in [5.74, 6) is 1.16. The highest BCUT2D eigenvalue weighted by molar-refractivity contribution is 6.04. The van der Waals surface area contributed by atoms with Crippen molar-refractivity contribution in [3.8, 4) is 5.88 Å². The van der Waals surface area contributed by atoms with Gasteiger partial charge in [-0.05, 0) is 36.3 Å². The van der Waals surface area contributed by atoms with E-state index in [2.05, 4.69) is 45.3 Å². The van der Waals surface area contributed by atoms with Gasteiger partial charge in [0.05, 0.1) is 12.7 Å². The van der Waals surface area contributed by atoms with Crippen LogP contribution in [-0.2, 0) is 0 Å². The van der Waals surface area contributed by atoms with Crippen molar-refractivity contribution in [2.24, 2.45) is 4.99 Å². The molecule has 0 radical (unpaired) electrons. The second-order valence-corrected chi connectivity index (χ2v) is 7.82. The Morgan fingerprint density at radius 2 is 2.09 bits per heavy atom. The first-order valence-corrected chi connectivity index (χ1v) is 10.7. The number of amides is 1. The molecule has 1 amide bonds. The van der Waals surface area contributed by atoms with Crippen LogP contribution >= 0.6 is 0 Å². The Labute approximate surface area is 193 Å². The van der Waals surface area contributed by atoms with Gasteiger partial charge < -0.3 is 20.7 Å². The average molecular weight is 444 g/mol. The second-order valence-electron chi connectivity index (χ2n) is 7.82. The van der Waals surface area contributed by atoms with Crippen molar-refractivity contribution >= 4 is 23.6 Å². The van der Waals surface area contributed by atoms with Crippen LogP contribution in [0.1, 0.15) is 35.3 Å². The van der Waals surface area contributed by atoms with E-state index in [0.29, 0.717) is 11.4 Å². The van der Waals surface area contributed by atoms with Crippen molar-refractivity contribution in [1.29, 1.82) is 0 Å². The molecule has 8 heteroatoms. The lowest BCUT2D eigenvalue weighted by Crippen LogP contribution is -2.20. The van der Waals surface area contributed by atoms with Gasteiger partial charge in [-0.2, -0.15) is 0 Å². The molecule has 0 aliphatic carbocycles. The van der Waals surface area contributed by atoms with Gasteiger partial charge in [-0.3, -0.25) is 4.79 Å². The number of carbonyl (C=O) groups excluding carboxylic acids is 1. The van der Waals surface area contributed by atoms with Gasteiger partial charge in [-0.1, -0.05) is 12.1 Å². The quantitative estimate of drug-likeness (QED) is 0.545. The second kappa shape index (κ2) is 9.95. The number of amidine groups is 1. The third-order valence-electron chi connectivity index (χ3n) is 5.32. The Hall–Kier alpha value is -4.20. The predicted octanol–water partition coefficient (Wildman–Crippen LogP) is 3.35. The van der Waals surface area contributed by atoms with Crippen LogP contribution in [0.5, 0.6) is 5.88 Å². The Morgan fingerprint density at radius 3 is 2.82 bits per heavy atom. The Morgan fingerprint density at radius 1 is 1.24 bits per heavy atom. The lowest BCUT2D eigenvalue weighted by atomic mass is 10.0. The van der Waals surface area contributed by atoms with Crippen molar-refractivity contribution in [3.63, 3.8) is 0 Å². The first-order valence-electron chi connectivity index (χ1n) is 10.7. The summed E-state index contributed by atoms with van der Waals surface area (Å²) >= 11 is 0. The summed E-state index contributed by atoms with van der Waals surface area (Å²) < 4.78 is 7.06. The molecule has 0 spiro atoms. The minimum Gasteiger partial charge on any atom is -0.481 e. The molecule has 0 saturated heterocycles. The molecular formula is C25H27N6O2+. The fourth-order valence-electron chi connectivity index (χ4n) is 3.44. The first-order chi connectivity index (χ1) is 16.0. The average Bonchev–Trinajstić information content (AvgIpc) is 3.28. The van der Waals surface area contributed by atoms with Crippen LogP contribution < -0.4 is 20.7 Å².